The average Bonchev–Trinajstić information content (AvgIpc) is 3.14. The van der Waals surface area contributed by atoms with Gasteiger partial charge in [-0.1, -0.05) is 32.3 Å². The van der Waals surface area contributed by atoms with Gasteiger partial charge in [-0.25, -0.2) is 0 Å². The fraction of sp³-hybridized carbons (Fsp3) is 0.688. The van der Waals surface area contributed by atoms with Gasteiger partial charge < -0.3 is 4.90 Å². The Morgan fingerprint density at radius 3 is 2.85 bits per heavy atom. The van der Waals surface area contributed by atoms with E-state index in [1.165, 1.54) is 17.7 Å². The summed E-state index contributed by atoms with van der Waals surface area (Å²) in [5.74, 6) is 0.342. The number of thiophene rings is 1. The van der Waals surface area contributed by atoms with E-state index in [2.05, 4.69) is 41.6 Å². The Balaban J connectivity index is 1.92. The third kappa shape index (κ3) is 2.19. The van der Waals surface area contributed by atoms with Crippen LogP contribution in [0.4, 0.5) is 0 Å². The summed E-state index contributed by atoms with van der Waals surface area (Å²) in [4.78, 5) is 16.4. The Bertz CT molecular complexity index is 465. The molecule has 1 spiro atoms. The molecule has 1 saturated heterocycles. The van der Waals surface area contributed by atoms with Crippen LogP contribution in [0.1, 0.15) is 63.4 Å². The van der Waals surface area contributed by atoms with Gasteiger partial charge in [0, 0.05) is 10.9 Å². The highest BCUT2D eigenvalue weighted by Gasteiger charge is 2.53. The molecule has 1 aromatic rings. The van der Waals surface area contributed by atoms with E-state index in [1.54, 1.807) is 11.3 Å². The van der Waals surface area contributed by atoms with Crippen LogP contribution in [0.25, 0.3) is 0 Å². The van der Waals surface area contributed by atoms with E-state index in [0.717, 1.165) is 25.7 Å². The molecule has 1 N–H and O–H groups in total. The lowest BCUT2D eigenvalue weighted by atomic mass is 9.97. The van der Waals surface area contributed by atoms with E-state index >= 15 is 0 Å². The van der Waals surface area contributed by atoms with Crippen LogP contribution < -0.4 is 5.32 Å². The van der Waals surface area contributed by atoms with Gasteiger partial charge in [-0.2, -0.15) is 0 Å². The first kappa shape index (κ1) is 14.1. The zero-order valence-electron chi connectivity index (χ0n) is 12.4. The Kier molecular flexibility index (Phi) is 3.87. The Morgan fingerprint density at radius 1 is 1.50 bits per heavy atom. The first-order valence-corrected chi connectivity index (χ1v) is 8.70. The van der Waals surface area contributed by atoms with Crippen molar-refractivity contribution in [3.8, 4) is 0 Å². The maximum absolute atomic E-state index is 13.0. The van der Waals surface area contributed by atoms with Crippen LogP contribution in [-0.2, 0) is 4.79 Å². The van der Waals surface area contributed by atoms with Crippen molar-refractivity contribution in [1.29, 1.82) is 0 Å². The molecule has 1 amide bonds. The monoisotopic (exact) mass is 292 g/mol. The Labute approximate surface area is 125 Å². The zero-order chi connectivity index (χ0) is 14.2. The highest BCUT2D eigenvalue weighted by atomic mass is 32.1. The summed E-state index contributed by atoms with van der Waals surface area (Å²) in [6, 6.07) is 4.54. The minimum absolute atomic E-state index is 0.0853. The molecule has 0 radical (unpaired) electrons. The summed E-state index contributed by atoms with van der Waals surface area (Å²) < 4.78 is 0. The quantitative estimate of drug-likeness (QED) is 0.918. The van der Waals surface area contributed by atoms with Crippen LogP contribution in [0.3, 0.4) is 0 Å². The lowest BCUT2D eigenvalue weighted by molar-refractivity contribution is -0.135. The molecule has 2 atom stereocenters. The molecule has 110 valence electrons. The third-order valence-electron chi connectivity index (χ3n) is 4.79. The number of carbonyl (C=O) groups is 1. The van der Waals surface area contributed by atoms with Crippen molar-refractivity contribution in [3.05, 3.63) is 22.4 Å². The van der Waals surface area contributed by atoms with Crippen molar-refractivity contribution < 1.29 is 4.79 Å². The average molecular weight is 292 g/mol. The summed E-state index contributed by atoms with van der Waals surface area (Å²) in [6.07, 6.45) is 6.63. The van der Waals surface area contributed by atoms with Gasteiger partial charge in [0.15, 0.2) is 0 Å². The van der Waals surface area contributed by atoms with Crippen molar-refractivity contribution in [2.75, 3.05) is 0 Å². The van der Waals surface area contributed by atoms with E-state index in [1.807, 2.05) is 0 Å². The van der Waals surface area contributed by atoms with Crippen molar-refractivity contribution in [3.63, 3.8) is 0 Å². The first-order chi connectivity index (χ1) is 9.68. The van der Waals surface area contributed by atoms with Crippen LogP contribution in [-0.4, -0.2) is 22.4 Å². The first-order valence-electron chi connectivity index (χ1n) is 7.82. The molecule has 20 heavy (non-hydrogen) atoms. The second kappa shape index (κ2) is 5.49. The predicted molar refractivity (Wildman–Crippen MR) is 82.6 cm³/mol. The van der Waals surface area contributed by atoms with Gasteiger partial charge in [0.25, 0.3) is 0 Å². The lowest BCUT2D eigenvalue weighted by Crippen LogP contribution is -2.45. The number of hydrogen-bond acceptors (Lipinski definition) is 3. The van der Waals surface area contributed by atoms with Gasteiger partial charge in [-0.15, -0.1) is 11.3 Å². The molecule has 1 aliphatic carbocycles. The zero-order valence-corrected chi connectivity index (χ0v) is 13.2. The number of nitrogens with one attached hydrogen (secondary N) is 1. The van der Waals surface area contributed by atoms with E-state index in [-0.39, 0.29) is 11.7 Å². The van der Waals surface area contributed by atoms with Crippen LogP contribution >= 0.6 is 11.3 Å². The molecule has 2 fully saturated rings. The highest BCUT2D eigenvalue weighted by Crippen LogP contribution is 2.43. The van der Waals surface area contributed by atoms with Crippen molar-refractivity contribution in [2.24, 2.45) is 0 Å². The number of hydrogen-bond donors (Lipinski definition) is 1. The molecule has 1 saturated carbocycles. The van der Waals surface area contributed by atoms with E-state index in [4.69, 9.17) is 0 Å². The summed E-state index contributed by atoms with van der Waals surface area (Å²) in [5, 5.41) is 5.80. The van der Waals surface area contributed by atoms with Gasteiger partial charge in [0.05, 0.1) is 5.54 Å². The standard InChI is InChI=1S/C16H24N2OS/c1-3-7-12(2)18-14(13-8-6-11-20-13)17-16(15(18)19)9-4-5-10-16/h6,8,11-12,14,17H,3-5,7,9-10H2,1-2H3. The maximum atomic E-state index is 13.0. The summed E-state index contributed by atoms with van der Waals surface area (Å²) >= 11 is 1.75. The molecule has 1 aromatic heterocycles. The molecule has 2 unspecified atom stereocenters. The van der Waals surface area contributed by atoms with Crippen LogP contribution in [0.2, 0.25) is 0 Å². The fourth-order valence-electron chi connectivity index (χ4n) is 3.76. The van der Waals surface area contributed by atoms with Crippen molar-refractivity contribution >= 4 is 17.2 Å². The van der Waals surface area contributed by atoms with Gasteiger partial charge in [-0.05, 0) is 37.6 Å². The minimum atomic E-state index is -0.267. The van der Waals surface area contributed by atoms with Crippen LogP contribution in [0.5, 0.6) is 0 Å². The predicted octanol–water partition coefficient (Wildman–Crippen LogP) is 3.68. The van der Waals surface area contributed by atoms with E-state index < -0.39 is 0 Å². The van der Waals surface area contributed by atoms with Crippen LogP contribution in [0.15, 0.2) is 17.5 Å². The SMILES string of the molecule is CCCC(C)N1C(=O)C2(CCCC2)NC1c1cccs1. The molecule has 3 rings (SSSR count). The molecule has 2 aliphatic rings. The van der Waals surface area contributed by atoms with Gasteiger partial charge in [0.2, 0.25) is 5.91 Å². The van der Waals surface area contributed by atoms with E-state index in [0.29, 0.717) is 11.9 Å². The second-order valence-electron chi connectivity index (χ2n) is 6.20. The fourth-order valence-corrected chi connectivity index (χ4v) is 4.53. The molecule has 3 nitrogen and oxygen atoms in total. The Hall–Kier alpha value is -0.870. The molecule has 0 bridgehead atoms. The largest absolute Gasteiger partial charge is 0.318 e. The van der Waals surface area contributed by atoms with Crippen molar-refractivity contribution in [2.45, 2.75) is 70.1 Å². The van der Waals surface area contributed by atoms with Gasteiger partial charge >= 0.3 is 0 Å². The normalized spacial score (nSPS) is 26.6. The van der Waals surface area contributed by atoms with Gasteiger partial charge in [-0.3, -0.25) is 10.1 Å². The molecule has 2 heterocycles. The molecule has 4 heteroatoms. The number of carbonyl (C=O) groups excluding carboxylic acids is 1. The van der Waals surface area contributed by atoms with E-state index in [9.17, 15) is 4.79 Å². The van der Waals surface area contributed by atoms with Crippen LogP contribution in [0, 0.1) is 0 Å². The Morgan fingerprint density at radius 2 is 2.25 bits per heavy atom. The maximum Gasteiger partial charge on any atom is 0.244 e. The van der Waals surface area contributed by atoms with Gasteiger partial charge in [0.1, 0.15) is 6.17 Å². The molecule has 1 aliphatic heterocycles. The number of nitrogens with zero attached hydrogens (tertiary/aromatic N) is 1. The smallest absolute Gasteiger partial charge is 0.244 e. The summed E-state index contributed by atoms with van der Waals surface area (Å²) in [7, 11) is 0. The molecule has 0 aromatic carbocycles. The third-order valence-corrected chi connectivity index (χ3v) is 5.71. The summed E-state index contributed by atoms with van der Waals surface area (Å²) in [5.41, 5.74) is -0.267. The highest BCUT2D eigenvalue weighted by molar-refractivity contribution is 7.10. The minimum Gasteiger partial charge on any atom is -0.318 e. The second-order valence-corrected chi connectivity index (χ2v) is 7.18. The molecular formula is C16H24N2OS. The topological polar surface area (TPSA) is 32.3 Å². The molecular weight excluding hydrogens is 268 g/mol. The number of rotatable bonds is 4. The number of amides is 1. The summed E-state index contributed by atoms with van der Waals surface area (Å²) in [6.45, 7) is 4.38. The lowest BCUT2D eigenvalue weighted by Gasteiger charge is -2.30. The van der Waals surface area contributed by atoms with Crippen molar-refractivity contribution in [1.82, 2.24) is 10.2 Å².